The third-order valence-electron chi connectivity index (χ3n) is 7.75. The van der Waals surface area contributed by atoms with Crippen molar-refractivity contribution in [3.63, 3.8) is 0 Å². The highest BCUT2D eigenvalue weighted by Gasteiger charge is 2.41. The number of fused-ring (bicyclic) bond motifs is 1. The molecule has 4 atom stereocenters. The van der Waals surface area contributed by atoms with Gasteiger partial charge in [0.1, 0.15) is 5.82 Å². The summed E-state index contributed by atoms with van der Waals surface area (Å²) in [5.41, 5.74) is 7.66. The molecule has 1 aliphatic carbocycles. The van der Waals surface area contributed by atoms with Crippen LogP contribution < -0.4 is 21.3 Å². The SMILES string of the molecule is CC(=O)c1ccc(N2CCCC3CC(NC(=O)c4ccc(C(N)=O)c(NC(C)C(C)C)c4)CC32)nc1. The minimum Gasteiger partial charge on any atom is -0.382 e. The number of hydrogen-bond acceptors (Lipinski definition) is 6. The van der Waals surface area contributed by atoms with Gasteiger partial charge in [-0.15, -0.1) is 0 Å². The lowest BCUT2D eigenvalue weighted by Crippen LogP contribution is -2.43. The Morgan fingerprint density at radius 3 is 2.47 bits per heavy atom. The summed E-state index contributed by atoms with van der Waals surface area (Å²) in [5, 5.41) is 6.57. The Hall–Kier alpha value is -3.42. The van der Waals surface area contributed by atoms with Crippen LogP contribution in [0.3, 0.4) is 0 Å². The van der Waals surface area contributed by atoms with Crippen LogP contribution in [-0.4, -0.2) is 47.3 Å². The van der Waals surface area contributed by atoms with Crippen molar-refractivity contribution in [1.82, 2.24) is 10.3 Å². The molecule has 4 rings (SSSR count). The van der Waals surface area contributed by atoms with Gasteiger partial charge in [-0.05, 0) is 81.7 Å². The number of ketones is 1. The first-order valence-corrected chi connectivity index (χ1v) is 12.9. The van der Waals surface area contributed by atoms with Gasteiger partial charge in [-0.3, -0.25) is 14.4 Å². The van der Waals surface area contributed by atoms with Crippen molar-refractivity contribution in [2.75, 3.05) is 16.8 Å². The minimum atomic E-state index is -0.523. The largest absolute Gasteiger partial charge is 0.382 e. The van der Waals surface area contributed by atoms with Gasteiger partial charge >= 0.3 is 0 Å². The Balaban J connectivity index is 1.46. The summed E-state index contributed by atoms with van der Waals surface area (Å²) in [5.74, 6) is 1.06. The van der Waals surface area contributed by atoms with Gasteiger partial charge in [-0.1, -0.05) is 13.8 Å². The quantitative estimate of drug-likeness (QED) is 0.480. The number of nitrogens with one attached hydrogen (secondary N) is 2. The Morgan fingerprint density at radius 1 is 1.08 bits per heavy atom. The van der Waals surface area contributed by atoms with Crippen LogP contribution in [0.15, 0.2) is 36.5 Å². The van der Waals surface area contributed by atoms with Crippen LogP contribution >= 0.6 is 0 Å². The van der Waals surface area contributed by atoms with Gasteiger partial charge in [0.15, 0.2) is 5.78 Å². The smallest absolute Gasteiger partial charge is 0.251 e. The molecule has 1 aliphatic heterocycles. The first-order valence-electron chi connectivity index (χ1n) is 12.9. The number of primary amides is 1. The summed E-state index contributed by atoms with van der Waals surface area (Å²) in [4.78, 5) is 43.6. The number of rotatable bonds is 8. The molecule has 1 aromatic heterocycles. The second kappa shape index (κ2) is 10.7. The first-order chi connectivity index (χ1) is 17.1. The van der Waals surface area contributed by atoms with Crippen LogP contribution in [0.5, 0.6) is 0 Å². The zero-order chi connectivity index (χ0) is 26.0. The second-order valence-corrected chi connectivity index (χ2v) is 10.6. The molecule has 8 nitrogen and oxygen atoms in total. The van der Waals surface area contributed by atoms with E-state index in [0.29, 0.717) is 40.3 Å². The van der Waals surface area contributed by atoms with Crippen molar-refractivity contribution in [3.05, 3.63) is 53.2 Å². The van der Waals surface area contributed by atoms with Crippen LogP contribution in [0.1, 0.15) is 84.5 Å². The molecule has 1 saturated heterocycles. The third kappa shape index (κ3) is 5.53. The summed E-state index contributed by atoms with van der Waals surface area (Å²) in [6.45, 7) is 8.69. The Labute approximate surface area is 213 Å². The number of anilines is 2. The molecule has 4 unspecified atom stereocenters. The van der Waals surface area contributed by atoms with Crippen molar-refractivity contribution in [2.45, 2.75) is 71.5 Å². The number of carbonyl (C=O) groups is 3. The number of Topliss-reactive ketones (excluding diaryl/α,β-unsaturated/α-hetero) is 1. The number of piperidine rings is 1. The fraction of sp³-hybridized carbons (Fsp3) is 0.500. The predicted molar refractivity (Wildman–Crippen MR) is 141 cm³/mol. The highest BCUT2D eigenvalue weighted by molar-refractivity contribution is 6.02. The monoisotopic (exact) mass is 491 g/mol. The van der Waals surface area contributed by atoms with Gasteiger partial charge < -0.3 is 21.3 Å². The molecule has 2 aliphatic rings. The van der Waals surface area contributed by atoms with E-state index in [1.54, 1.807) is 31.3 Å². The minimum absolute atomic E-state index is 0.00935. The summed E-state index contributed by atoms with van der Waals surface area (Å²) >= 11 is 0. The lowest BCUT2D eigenvalue weighted by Gasteiger charge is -2.38. The Kier molecular flexibility index (Phi) is 7.62. The van der Waals surface area contributed by atoms with Crippen molar-refractivity contribution < 1.29 is 14.4 Å². The number of amides is 2. The van der Waals surface area contributed by atoms with Gasteiger partial charge in [-0.2, -0.15) is 0 Å². The fourth-order valence-corrected chi connectivity index (χ4v) is 5.35. The molecule has 192 valence electrons. The zero-order valence-corrected chi connectivity index (χ0v) is 21.6. The van der Waals surface area contributed by atoms with E-state index < -0.39 is 5.91 Å². The van der Waals surface area contributed by atoms with Crippen molar-refractivity contribution in [1.29, 1.82) is 0 Å². The summed E-state index contributed by atoms with van der Waals surface area (Å²) in [6.07, 6.45) is 5.63. The third-order valence-corrected chi connectivity index (χ3v) is 7.75. The molecule has 0 bridgehead atoms. The van der Waals surface area contributed by atoms with Crippen LogP contribution in [0.2, 0.25) is 0 Å². The second-order valence-electron chi connectivity index (χ2n) is 10.6. The molecule has 2 aromatic rings. The lowest BCUT2D eigenvalue weighted by atomic mass is 9.92. The number of pyridine rings is 1. The van der Waals surface area contributed by atoms with E-state index in [4.69, 9.17) is 5.73 Å². The van der Waals surface area contributed by atoms with E-state index in [1.165, 1.54) is 0 Å². The Morgan fingerprint density at radius 2 is 1.83 bits per heavy atom. The summed E-state index contributed by atoms with van der Waals surface area (Å²) in [7, 11) is 0. The number of nitrogens with zero attached hydrogens (tertiary/aromatic N) is 2. The molecule has 2 amide bonds. The highest BCUT2D eigenvalue weighted by atomic mass is 16.2. The van der Waals surface area contributed by atoms with Crippen LogP contribution in [0.4, 0.5) is 11.5 Å². The van der Waals surface area contributed by atoms with Crippen LogP contribution in [0, 0.1) is 11.8 Å². The lowest BCUT2D eigenvalue weighted by molar-refractivity contribution is 0.0934. The van der Waals surface area contributed by atoms with Crippen molar-refractivity contribution in [3.8, 4) is 0 Å². The number of benzene rings is 1. The Bertz CT molecular complexity index is 1130. The zero-order valence-electron chi connectivity index (χ0n) is 21.6. The molecular formula is C28H37N5O3. The van der Waals surface area contributed by atoms with E-state index in [0.717, 1.165) is 38.0 Å². The standard InChI is InChI=1S/C28H37N5O3/c1-16(2)17(3)31-24-13-20(7-9-23(24)27(29)35)28(36)32-22-12-19-6-5-11-33(25(19)14-22)26-10-8-21(15-30-26)18(4)34/h7-10,13,15-17,19,22,25,31H,5-6,11-12,14H2,1-4H3,(H2,29,35)(H,32,36). The van der Waals surface area contributed by atoms with E-state index in [-0.39, 0.29) is 23.8 Å². The maximum atomic E-state index is 13.2. The predicted octanol–water partition coefficient (Wildman–Crippen LogP) is 4.02. The molecule has 8 heteroatoms. The highest BCUT2D eigenvalue weighted by Crippen LogP contribution is 2.39. The van der Waals surface area contributed by atoms with E-state index in [9.17, 15) is 14.4 Å². The number of carbonyl (C=O) groups excluding carboxylic acids is 3. The maximum absolute atomic E-state index is 13.2. The molecule has 2 heterocycles. The number of hydrogen-bond donors (Lipinski definition) is 3. The van der Waals surface area contributed by atoms with E-state index in [1.807, 2.05) is 19.1 Å². The maximum Gasteiger partial charge on any atom is 0.251 e. The van der Waals surface area contributed by atoms with Gasteiger partial charge in [0.25, 0.3) is 11.8 Å². The molecule has 4 N–H and O–H groups in total. The van der Waals surface area contributed by atoms with E-state index >= 15 is 0 Å². The molecule has 1 aromatic carbocycles. The van der Waals surface area contributed by atoms with Gasteiger partial charge in [0, 0.05) is 47.7 Å². The fourth-order valence-electron chi connectivity index (χ4n) is 5.35. The van der Waals surface area contributed by atoms with Gasteiger partial charge in [0.2, 0.25) is 0 Å². The average Bonchev–Trinajstić information content (AvgIpc) is 3.26. The molecular weight excluding hydrogens is 454 g/mol. The molecule has 36 heavy (non-hydrogen) atoms. The van der Waals surface area contributed by atoms with Gasteiger partial charge in [-0.25, -0.2) is 4.98 Å². The van der Waals surface area contributed by atoms with Crippen LogP contribution in [0.25, 0.3) is 0 Å². The van der Waals surface area contributed by atoms with Crippen molar-refractivity contribution >= 4 is 29.1 Å². The summed E-state index contributed by atoms with van der Waals surface area (Å²) < 4.78 is 0. The van der Waals surface area contributed by atoms with E-state index in [2.05, 4.69) is 34.4 Å². The van der Waals surface area contributed by atoms with Crippen molar-refractivity contribution in [2.24, 2.45) is 17.6 Å². The topological polar surface area (TPSA) is 117 Å². The molecule has 0 radical (unpaired) electrons. The molecule has 1 saturated carbocycles. The normalized spacial score (nSPS) is 22.1. The van der Waals surface area contributed by atoms with Gasteiger partial charge in [0.05, 0.1) is 5.56 Å². The van der Waals surface area contributed by atoms with Crippen LogP contribution in [-0.2, 0) is 0 Å². The molecule has 0 spiro atoms. The summed E-state index contributed by atoms with van der Waals surface area (Å²) in [6, 6.07) is 9.26. The number of aromatic nitrogens is 1. The average molecular weight is 492 g/mol. The first kappa shape index (κ1) is 25.7. The number of nitrogens with two attached hydrogens (primary N) is 1. The molecule has 2 fully saturated rings.